The van der Waals surface area contributed by atoms with E-state index >= 15 is 0 Å². The highest BCUT2D eigenvalue weighted by atomic mass is 19.1. The van der Waals surface area contributed by atoms with Crippen LogP contribution in [-0.2, 0) is 4.79 Å². The summed E-state index contributed by atoms with van der Waals surface area (Å²) in [4.78, 5) is 48.1. The predicted octanol–water partition coefficient (Wildman–Crippen LogP) is 3.53. The second-order valence-electron chi connectivity index (χ2n) is 6.58. The number of hydrogen-bond acceptors (Lipinski definition) is 5. The maximum Gasteiger partial charge on any atom is 0.282 e. The van der Waals surface area contributed by atoms with Gasteiger partial charge in [-0.1, -0.05) is 12.5 Å². The molecule has 0 saturated heterocycles. The zero-order chi connectivity index (χ0) is 21.0. The van der Waals surface area contributed by atoms with Crippen LogP contribution in [0.5, 0.6) is 0 Å². The summed E-state index contributed by atoms with van der Waals surface area (Å²) < 4.78 is 12.8. The molecule has 8 nitrogen and oxygen atoms in total. The van der Waals surface area contributed by atoms with Crippen molar-refractivity contribution < 1.29 is 23.7 Å². The molecular formula is C20H18FN3O5. The standard InChI is InChI=1S/C20H18FN3O5/c21-13-8-10-14(11-9-13)22-17(25)7-2-1-3-12-23-19(26)15-5-4-6-16(24(28)29)18(15)20(23)27/h4-6,8-11H,1-3,7,12H2,(H,22,25). The van der Waals surface area contributed by atoms with Crippen molar-refractivity contribution >= 4 is 29.1 Å². The van der Waals surface area contributed by atoms with Crippen LogP contribution >= 0.6 is 0 Å². The number of nitrogens with one attached hydrogen (secondary N) is 1. The van der Waals surface area contributed by atoms with Gasteiger partial charge < -0.3 is 5.32 Å². The molecule has 3 rings (SSSR count). The second-order valence-corrected chi connectivity index (χ2v) is 6.58. The molecule has 150 valence electrons. The molecule has 0 atom stereocenters. The molecule has 0 unspecified atom stereocenters. The van der Waals surface area contributed by atoms with Crippen molar-refractivity contribution in [2.75, 3.05) is 11.9 Å². The SMILES string of the molecule is O=C(CCCCCN1C(=O)c2cccc([N+](=O)[O-])c2C1=O)Nc1ccc(F)cc1. The van der Waals surface area contributed by atoms with Gasteiger partial charge in [0.25, 0.3) is 17.5 Å². The molecule has 0 bridgehead atoms. The Morgan fingerprint density at radius 3 is 2.45 bits per heavy atom. The minimum Gasteiger partial charge on any atom is -0.326 e. The number of benzene rings is 2. The summed E-state index contributed by atoms with van der Waals surface area (Å²) >= 11 is 0. The van der Waals surface area contributed by atoms with E-state index in [2.05, 4.69) is 5.32 Å². The fourth-order valence-electron chi connectivity index (χ4n) is 3.16. The summed E-state index contributed by atoms with van der Waals surface area (Å²) in [6.07, 6.45) is 1.84. The van der Waals surface area contributed by atoms with Crippen molar-refractivity contribution in [3.05, 3.63) is 69.5 Å². The van der Waals surface area contributed by atoms with Crippen LogP contribution < -0.4 is 5.32 Å². The first-order chi connectivity index (χ1) is 13.9. The Hall–Kier alpha value is -3.62. The topological polar surface area (TPSA) is 110 Å². The van der Waals surface area contributed by atoms with Gasteiger partial charge in [-0.25, -0.2) is 4.39 Å². The van der Waals surface area contributed by atoms with E-state index in [0.29, 0.717) is 24.9 Å². The Bertz CT molecular complexity index is 975. The van der Waals surface area contributed by atoms with Crippen LogP contribution in [0.2, 0.25) is 0 Å². The van der Waals surface area contributed by atoms with Crippen molar-refractivity contribution in [2.24, 2.45) is 0 Å². The summed E-state index contributed by atoms with van der Waals surface area (Å²) in [5.41, 5.74) is 0.00823. The molecule has 1 aliphatic rings. The van der Waals surface area contributed by atoms with Gasteiger partial charge in [-0.15, -0.1) is 0 Å². The van der Waals surface area contributed by atoms with Gasteiger partial charge in [0.15, 0.2) is 0 Å². The molecule has 29 heavy (non-hydrogen) atoms. The van der Waals surface area contributed by atoms with Gasteiger partial charge in [-0.05, 0) is 43.2 Å². The van der Waals surface area contributed by atoms with E-state index in [1.165, 1.54) is 42.5 Å². The van der Waals surface area contributed by atoms with Crippen molar-refractivity contribution in [1.82, 2.24) is 4.90 Å². The maximum absolute atomic E-state index is 12.8. The first-order valence-corrected chi connectivity index (χ1v) is 9.07. The Labute approximate surface area is 165 Å². The minimum absolute atomic E-state index is 0.0443. The fraction of sp³-hybridized carbons (Fsp3) is 0.250. The molecule has 9 heteroatoms. The fourth-order valence-corrected chi connectivity index (χ4v) is 3.16. The van der Waals surface area contributed by atoms with Gasteiger partial charge in [0, 0.05) is 24.7 Å². The normalized spacial score (nSPS) is 12.8. The number of unbranched alkanes of at least 4 members (excludes halogenated alkanes) is 2. The average Bonchev–Trinajstić information content (AvgIpc) is 2.94. The largest absolute Gasteiger partial charge is 0.326 e. The van der Waals surface area contributed by atoms with Crippen molar-refractivity contribution in [3.63, 3.8) is 0 Å². The van der Waals surface area contributed by atoms with E-state index in [1.54, 1.807) is 0 Å². The van der Waals surface area contributed by atoms with Gasteiger partial charge in [-0.3, -0.25) is 29.4 Å². The van der Waals surface area contributed by atoms with Crippen LogP contribution in [0.15, 0.2) is 42.5 Å². The number of fused-ring (bicyclic) bond motifs is 1. The lowest BCUT2D eigenvalue weighted by molar-refractivity contribution is -0.385. The molecule has 0 aliphatic carbocycles. The number of amides is 3. The molecule has 0 saturated carbocycles. The summed E-state index contributed by atoms with van der Waals surface area (Å²) in [6.45, 7) is 0.128. The molecule has 0 spiro atoms. The van der Waals surface area contributed by atoms with E-state index in [0.717, 1.165) is 4.90 Å². The highest BCUT2D eigenvalue weighted by molar-refractivity contribution is 6.23. The second kappa shape index (κ2) is 8.59. The van der Waals surface area contributed by atoms with Crippen LogP contribution in [0.1, 0.15) is 46.4 Å². The number of hydrogen-bond donors (Lipinski definition) is 1. The number of nitro benzene ring substituents is 1. The van der Waals surface area contributed by atoms with Crippen molar-refractivity contribution in [1.29, 1.82) is 0 Å². The number of anilines is 1. The smallest absolute Gasteiger partial charge is 0.282 e. The minimum atomic E-state index is -0.673. The summed E-state index contributed by atoms with van der Waals surface area (Å²) in [5, 5.41) is 13.8. The molecule has 1 aliphatic heterocycles. The molecular weight excluding hydrogens is 381 g/mol. The van der Waals surface area contributed by atoms with Gasteiger partial charge in [0.05, 0.1) is 10.5 Å². The van der Waals surface area contributed by atoms with E-state index in [4.69, 9.17) is 0 Å². The molecule has 0 aromatic heterocycles. The first kappa shape index (κ1) is 20.1. The molecule has 1 N–H and O–H groups in total. The average molecular weight is 399 g/mol. The number of carbonyl (C=O) groups is 3. The van der Waals surface area contributed by atoms with E-state index in [9.17, 15) is 28.9 Å². The summed E-state index contributed by atoms with van der Waals surface area (Å²) in [7, 11) is 0. The van der Waals surface area contributed by atoms with E-state index in [-0.39, 0.29) is 41.5 Å². The Morgan fingerprint density at radius 1 is 1.03 bits per heavy atom. The van der Waals surface area contributed by atoms with Crippen LogP contribution in [0.4, 0.5) is 15.8 Å². The van der Waals surface area contributed by atoms with Gasteiger partial charge in [0.1, 0.15) is 11.4 Å². The molecule has 2 aromatic carbocycles. The van der Waals surface area contributed by atoms with Crippen LogP contribution in [0, 0.1) is 15.9 Å². The number of carbonyl (C=O) groups excluding carboxylic acids is 3. The lowest BCUT2D eigenvalue weighted by atomic mass is 10.1. The first-order valence-electron chi connectivity index (χ1n) is 9.07. The number of nitrogens with zero attached hydrogens (tertiary/aromatic N) is 2. The third kappa shape index (κ3) is 4.45. The number of halogens is 1. The summed E-state index contributed by atoms with van der Waals surface area (Å²) in [6, 6.07) is 9.43. The monoisotopic (exact) mass is 399 g/mol. The van der Waals surface area contributed by atoms with Crippen LogP contribution in [-0.4, -0.2) is 34.1 Å². The Morgan fingerprint density at radius 2 is 1.76 bits per heavy atom. The van der Waals surface area contributed by atoms with E-state index < -0.39 is 16.7 Å². The number of nitro groups is 1. The maximum atomic E-state index is 12.8. The van der Waals surface area contributed by atoms with Crippen LogP contribution in [0.25, 0.3) is 0 Å². The highest BCUT2D eigenvalue weighted by Crippen LogP contribution is 2.30. The van der Waals surface area contributed by atoms with Crippen LogP contribution in [0.3, 0.4) is 0 Å². The molecule has 1 heterocycles. The quantitative estimate of drug-likeness (QED) is 0.316. The third-order valence-corrected chi connectivity index (χ3v) is 4.59. The zero-order valence-corrected chi connectivity index (χ0v) is 15.4. The third-order valence-electron chi connectivity index (χ3n) is 4.59. The van der Waals surface area contributed by atoms with Crippen molar-refractivity contribution in [2.45, 2.75) is 25.7 Å². The highest BCUT2D eigenvalue weighted by Gasteiger charge is 2.40. The van der Waals surface area contributed by atoms with E-state index in [1.807, 2.05) is 0 Å². The van der Waals surface area contributed by atoms with Gasteiger partial charge >= 0.3 is 0 Å². The van der Waals surface area contributed by atoms with Gasteiger partial charge in [-0.2, -0.15) is 0 Å². The molecule has 0 fully saturated rings. The Balaban J connectivity index is 1.46. The molecule has 2 aromatic rings. The summed E-state index contributed by atoms with van der Waals surface area (Å²) in [5.74, 6) is -1.80. The van der Waals surface area contributed by atoms with Crippen molar-refractivity contribution in [3.8, 4) is 0 Å². The lowest BCUT2D eigenvalue weighted by Crippen LogP contribution is -2.30. The zero-order valence-electron chi connectivity index (χ0n) is 15.4. The Kier molecular flexibility index (Phi) is 5.96. The number of imide groups is 1. The predicted molar refractivity (Wildman–Crippen MR) is 102 cm³/mol. The van der Waals surface area contributed by atoms with Gasteiger partial charge in [0.2, 0.25) is 5.91 Å². The molecule has 0 radical (unpaired) electrons. The lowest BCUT2D eigenvalue weighted by Gasteiger charge is -2.13. The molecule has 3 amide bonds. The number of rotatable bonds is 8.